The van der Waals surface area contributed by atoms with E-state index < -0.39 is 0 Å². The lowest BCUT2D eigenvalue weighted by Crippen LogP contribution is -2.18. The van der Waals surface area contributed by atoms with Gasteiger partial charge >= 0.3 is 0 Å². The van der Waals surface area contributed by atoms with Crippen LogP contribution >= 0.6 is 0 Å². The van der Waals surface area contributed by atoms with Crippen molar-refractivity contribution in [2.45, 2.75) is 38.5 Å². The van der Waals surface area contributed by atoms with E-state index in [0.29, 0.717) is 0 Å². The molecule has 54 heavy (non-hydrogen) atoms. The Morgan fingerprint density at radius 3 is 1.59 bits per heavy atom. The standard InChI is InChI=1S/C54H40/c1-53(2)46-26-12-11-24-44(46)51-48(53)30-28-43-45-32-35(27-29-47(45)54(3,4)52(43)51)34-17-13-18-36(31-34)49-39-20-7-9-22-41(39)50(42-23-10-8-21-40(42)49)38-25-14-16-33-15-5-6-19-37(33)38/h5-32H,1-4H3. The second kappa shape index (κ2) is 11.1. The largest absolute Gasteiger partial charge is 0.0619 e. The number of fused-ring (bicyclic) bond motifs is 10. The fourth-order valence-corrected chi connectivity index (χ4v) is 10.3. The van der Waals surface area contributed by atoms with Crippen LogP contribution in [0, 0.1) is 0 Å². The molecule has 0 fully saturated rings. The third-order valence-electron chi connectivity index (χ3n) is 12.8. The number of hydrogen-bond donors (Lipinski definition) is 0. The molecule has 0 aliphatic heterocycles. The van der Waals surface area contributed by atoms with E-state index in [1.165, 1.54) is 110 Å². The Kier molecular flexibility index (Phi) is 6.46. The second-order valence-electron chi connectivity index (χ2n) is 16.4. The summed E-state index contributed by atoms with van der Waals surface area (Å²) in [5, 5.41) is 7.65. The van der Waals surface area contributed by atoms with Crippen molar-refractivity contribution in [1.29, 1.82) is 0 Å². The van der Waals surface area contributed by atoms with Gasteiger partial charge in [0.25, 0.3) is 0 Å². The smallest absolute Gasteiger partial charge is 0.0165 e. The van der Waals surface area contributed by atoms with Crippen LogP contribution in [0.4, 0.5) is 0 Å². The first kappa shape index (κ1) is 31.3. The van der Waals surface area contributed by atoms with Gasteiger partial charge in [-0.25, -0.2) is 0 Å². The summed E-state index contributed by atoms with van der Waals surface area (Å²) in [4.78, 5) is 0. The van der Waals surface area contributed by atoms with Gasteiger partial charge in [0, 0.05) is 10.8 Å². The predicted molar refractivity (Wildman–Crippen MR) is 230 cm³/mol. The fourth-order valence-electron chi connectivity index (χ4n) is 10.3. The average Bonchev–Trinajstić information content (AvgIpc) is 3.59. The van der Waals surface area contributed by atoms with E-state index in [2.05, 4.69) is 198 Å². The molecule has 0 heterocycles. The highest BCUT2D eigenvalue weighted by molar-refractivity contribution is 6.23. The molecule has 0 atom stereocenters. The quantitative estimate of drug-likeness (QED) is 0.162. The van der Waals surface area contributed by atoms with E-state index in [4.69, 9.17) is 0 Å². The Morgan fingerprint density at radius 2 is 0.833 bits per heavy atom. The highest BCUT2D eigenvalue weighted by Crippen LogP contribution is 2.59. The highest BCUT2D eigenvalue weighted by Gasteiger charge is 2.44. The van der Waals surface area contributed by atoms with Crippen LogP contribution in [-0.4, -0.2) is 0 Å². The summed E-state index contributed by atoms with van der Waals surface area (Å²) in [6.07, 6.45) is 0. The van der Waals surface area contributed by atoms with Gasteiger partial charge in [-0.05, 0) is 122 Å². The first-order valence-corrected chi connectivity index (χ1v) is 19.3. The maximum absolute atomic E-state index is 2.46. The molecule has 9 aromatic carbocycles. The first-order chi connectivity index (χ1) is 26.3. The van der Waals surface area contributed by atoms with Crippen LogP contribution in [0.2, 0.25) is 0 Å². The maximum Gasteiger partial charge on any atom is 0.0165 e. The van der Waals surface area contributed by atoms with Gasteiger partial charge in [0.05, 0.1) is 0 Å². The zero-order valence-electron chi connectivity index (χ0n) is 31.2. The highest BCUT2D eigenvalue weighted by atomic mass is 14.5. The lowest BCUT2D eigenvalue weighted by molar-refractivity contribution is 0.647. The Morgan fingerprint density at radius 1 is 0.296 bits per heavy atom. The molecular weight excluding hydrogens is 649 g/mol. The summed E-state index contributed by atoms with van der Waals surface area (Å²) < 4.78 is 0. The van der Waals surface area contributed by atoms with Crippen LogP contribution in [0.5, 0.6) is 0 Å². The SMILES string of the molecule is CC1(C)c2ccccc2-c2c1ccc1c2C(C)(C)c2ccc(-c3cccc(-c4c5ccccc5c(-c5cccc6ccccc56)c5ccccc45)c3)cc2-1. The molecule has 2 aliphatic carbocycles. The van der Waals surface area contributed by atoms with E-state index in [1.807, 2.05) is 0 Å². The minimum Gasteiger partial charge on any atom is -0.0619 e. The van der Waals surface area contributed by atoms with E-state index in [-0.39, 0.29) is 10.8 Å². The fraction of sp³-hybridized carbons (Fsp3) is 0.111. The van der Waals surface area contributed by atoms with Gasteiger partial charge in [-0.2, -0.15) is 0 Å². The normalized spacial score (nSPS) is 14.6. The molecule has 0 aromatic heterocycles. The van der Waals surface area contributed by atoms with E-state index in [1.54, 1.807) is 0 Å². The molecule has 0 unspecified atom stereocenters. The first-order valence-electron chi connectivity index (χ1n) is 19.3. The topological polar surface area (TPSA) is 0 Å². The van der Waals surface area contributed by atoms with Crippen molar-refractivity contribution in [3.63, 3.8) is 0 Å². The Hall–Kier alpha value is -6.24. The van der Waals surface area contributed by atoms with Gasteiger partial charge in [-0.1, -0.05) is 185 Å². The van der Waals surface area contributed by atoms with Crippen LogP contribution in [-0.2, 0) is 10.8 Å². The van der Waals surface area contributed by atoms with Crippen LogP contribution < -0.4 is 0 Å². The molecule has 0 radical (unpaired) electrons. The van der Waals surface area contributed by atoms with Gasteiger partial charge in [0.2, 0.25) is 0 Å². The van der Waals surface area contributed by atoms with Crippen molar-refractivity contribution in [2.24, 2.45) is 0 Å². The number of rotatable bonds is 3. The van der Waals surface area contributed by atoms with Crippen molar-refractivity contribution >= 4 is 32.3 Å². The molecule has 256 valence electrons. The van der Waals surface area contributed by atoms with Gasteiger partial charge in [0.1, 0.15) is 0 Å². The van der Waals surface area contributed by atoms with Crippen LogP contribution in [0.1, 0.15) is 49.9 Å². The minimum atomic E-state index is -0.104. The monoisotopic (exact) mass is 688 g/mol. The van der Waals surface area contributed by atoms with E-state index >= 15 is 0 Å². The maximum atomic E-state index is 2.46. The zero-order chi connectivity index (χ0) is 36.3. The molecule has 0 N–H and O–H groups in total. The summed E-state index contributed by atoms with van der Waals surface area (Å²) in [5.74, 6) is 0. The summed E-state index contributed by atoms with van der Waals surface area (Å²) >= 11 is 0. The number of hydrogen-bond acceptors (Lipinski definition) is 0. The van der Waals surface area contributed by atoms with Gasteiger partial charge in [-0.3, -0.25) is 0 Å². The second-order valence-corrected chi connectivity index (χ2v) is 16.4. The molecule has 0 nitrogen and oxygen atoms in total. The van der Waals surface area contributed by atoms with E-state index in [9.17, 15) is 0 Å². The Bertz CT molecular complexity index is 2980. The van der Waals surface area contributed by atoms with Crippen LogP contribution in [0.15, 0.2) is 170 Å². The lowest BCUT2D eigenvalue weighted by atomic mass is 9.77. The van der Waals surface area contributed by atoms with Crippen molar-refractivity contribution in [1.82, 2.24) is 0 Å². The third kappa shape index (κ3) is 4.20. The predicted octanol–water partition coefficient (Wildman–Crippen LogP) is 14.8. The average molecular weight is 689 g/mol. The van der Waals surface area contributed by atoms with Crippen molar-refractivity contribution < 1.29 is 0 Å². The molecule has 9 aromatic rings. The zero-order valence-corrected chi connectivity index (χ0v) is 31.2. The summed E-state index contributed by atoms with van der Waals surface area (Å²) in [6, 6.07) is 63.8. The molecule has 2 aliphatic rings. The molecule has 0 amide bonds. The minimum absolute atomic E-state index is 0.0150. The molecule has 0 heteroatoms. The molecule has 11 rings (SSSR count). The summed E-state index contributed by atoms with van der Waals surface area (Å²) in [5.41, 5.74) is 18.8. The van der Waals surface area contributed by atoms with Gasteiger partial charge in [0.15, 0.2) is 0 Å². The molecule has 0 saturated heterocycles. The van der Waals surface area contributed by atoms with Crippen LogP contribution in [0.25, 0.3) is 88.0 Å². The summed E-state index contributed by atoms with van der Waals surface area (Å²) in [6.45, 7) is 9.61. The Labute approximate surface area is 317 Å². The van der Waals surface area contributed by atoms with Crippen LogP contribution in [0.3, 0.4) is 0 Å². The molecule has 0 saturated carbocycles. The molecular formula is C54H40. The molecule has 0 spiro atoms. The van der Waals surface area contributed by atoms with Crippen molar-refractivity contribution in [3.05, 3.63) is 192 Å². The van der Waals surface area contributed by atoms with Gasteiger partial charge in [-0.15, -0.1) is 0 Å². The van der Waals surface area contributed by atoms with Gasteiger partial charge < -0.3 is 0 Å². The Balaban J connectivity index is 1.10. The lowest BCUT2D eigenvalue weighted by Gasteiger charge is -2.26. The molecule has 0 bridgehead atoms. The third-order valence-corrected chi connectivity index (χ3v) is 12.8. The van der Waals surface area contributed by atoms with Crippen molar-refractivity contribution in [2.75, 3.05) is 0 Å². The van der Waals surface area contributed by atoms with E-state index in [0.717, 1.165) is 0 Å². The number of benzene rings is 9. The van der Waals surface area contributed by atoms with Crippen molar-refractivity contribution in [3.8, 4) is 55.6 Å². The summed E-state index contributed by atoms with van der Waals surface area (Å²) in [7, 11) is 0.